The van der Waals surface area contributed by atoms with E-state index in [0.29, 0.717) is 19.0 Å². The number of nitrogens with two attached hydrogens (primary N) is 1. The third-order valence-electron chi connectivity index (χ3n) is 4.97. The molecule has 0 spiro atoms. The molecule has 4 N–H and O–H groups in total. The SMILES string of the molecule is CC1(C)[C@@H]2CC[C@@]1(C(=O)NCCN)[C@H](O)C2. The van der Waals surface area contributed by atoms with E-state index in [1.165, 1.54) is 0 Å². The van der Waals surface area contributed by atoms with Crippen LogP contribution in [0.4, 0.5) is 0 Å². The molecule has 0 aromatic rings. The molecule has 2 rings (SSSR count). The maximum atomic E-state index is 12.3. The van der Waals surface area contributed by atoms with Crippen molar-refractivity contribution in [2.24, 2.45) is 22.5 Å². The third kappa shape index (κ3) is 1.26. The molecule has 2 bridgehead atoms. The van der Waals surface area contributed by atoms with Crippen LogP contribution in [0.1, 0.15) is 33.1 Å². The second kappa shape index (κ2) is 3.70. The van der Waals surface area contributed by atoms with E-state index in [2.05, 4.69) is 19.2 Å². The van der Waals surface area contributed by atoms with Crippen molar-refractivity contribution in [2.75, 3.05) is 13.1 Å². The van der Waals surface area contributed by atoms with Gasteiger partial charge in [0.15, 0.2) is 0 Å². The maximum Gasteiger partial charge on any atom is 0.229 e. The van der Waals surface area contributed by atoms with Gasteiger partial charge in [-0.05, 0) is 30.6 Å². The van der Waals surface area contributed by atoms with Crippen molar-refractivity contribution in [1.29, 1.82) is 0 Å². The molecule has 0 aliphatic heterocycles. The predicted octanol–water partition coefficient (Wildman–Crippen LogP) is 0.249. The highest BCUT2D eigenvalue weighted by Crippen LogP contribution is 2.65. The van der Waals surface area contributed by atoms with Gasteiger partial charge in [0.1, 0.15) is 0 Å². The van der Waals surface area contributed by atoms with Crippen LogP contribution >= 0.6 is 0 Å². The first-order chi connectivity index (χ1) is 7.46. The Morgan fingerprint density at radius 1 is 1.56 bits per heavy atom. The van der Waals surface area contributed by atoms with E-state index in [0.717, 1.165) is 19.3 Å². The van der Waals surface area contributed by atoms with Gasteiger partial charge in [-0.2, -0.15) is 0 Å². The summed E-state index contributed by atoms with van der Waals surface area (Å²) in [4.78, 5) is 12.3. The average Bonchev–Trinajstić information content (AvgIpc) is 2.59. The maximum absolute atomic E-state index is 12.3. The van der Waals surface area contributed by atoms with Crippen LogP contribution in [-0.4, -0.2) is 30.2 Å². The first-order valence-electron chi connectivity index (χ1n) is 6.13. The van der Waals surface area contributed by atoms with Gasteiger partial charge in [-0.3, -0.25) is 4.79 Å². The van der Waals surface area contributed by atoms with Crippen molar-refractivity contribution in [3.63, 3.8) is 0 Å². The van der Waals surface area contributed by atoms with Crippen molar-refractivity contribution < 1.29 is 9.90 Å². The molecule has 2 aliphatic rings. The van der Waals surface area contributed by atoms with E-state index in [-0.39, 0.29) is 11.3 Å². The first-order valence-corrected chi connectivity index (χ1v) is 6.13. The van der Waals surface area contributed by atoms with Crippen LogP contribution in [0.3, 0.4) is 0 Å². The normalized spacial score (nSPS) is 40.0. The second-order valence-electron chi connectivity index (χ2n) is 5.72. The fraction of sp³-hybridized carbons (Fsp3) is 0.917. The number of carbonyl (C=O) groups is 1. The van der Waals surface area contributed by atoms with Crippen LogP contribution in [0.25, 0.3) is 0 Å². The van der Waals surface area contributed by atoms with Gasteiger partial charge in [-0.1, -0.05) is 13.8 Å². The number of aliphatic hydroxyl groups is 1. The lowest BCUT2D eigenvalue weighted by Gasteiger charge is -2.38. The monoisotopic (exact) mass is 226 g/mol. The van der Waals surface area contributed by atoms with Gasteiger partial charge in [0.25, 0.3) is 0 Å². The predicted molar refractivity (Wildman–Crippen MR) is 61.6 cm³/mol. The lowest BCUT2D eigenvalue weighted by Crippen LogP contribution is -2.52. The lowest BCUT2D eigenvalue weighted by molar-refractivity contribution is -0.142. The Morgan fingerprint density at radius 3 is 2.69 bits per heavy atom. The van der Waals surface area contributed by atoms with Gasteiger partial charge in [0, 0.05) is 13.1 Å². The van der Waals surface area contributed by atoms with Crippen LogP contribution in [0, 0.1) is 16.7 Å². The fourth-order valence-electron chi connectivity index (χ4n) is 3.83. The summed E-state index contributed by atoms with van der Waals surface area (Å²) in [6, 6.07) is 0. The van der Waals surface area contributed by atoms with Crippen LogP contribution in [0.15, 0.2) is 0 Å². The number of aliphatic hydroxyl groups excluding tert-OH is 1. The van der Waals surface area contributed by atoms with Crippen LogP contribution in [0.5, 0.6) is 0 Å². The van der Waals surface area contributed by atoms with Crippen molar-refractivity contribution in [3.8, 4) is 0 Å². The van der Waals surface area contributed by atoms with Gasteiger partial charge in [-0.25, -0.2) is 0 Å². The summed E-state index contributed by atoms with van der Waals surface area (Å²) in [5.74, 6) is 0.474. The second-order valence-corrected chi connectivity index (χ2v) is 5.72. The minimum absolute atomic E-state index is 0.00421. The van der Waals surface area contributed by atoms with E-state index in [1.807, 2.05) is 0 Å². The smallest absolute Gasteiger partial charge is 0.229 e. The molecule has 0 saturated heterocycles. The Kier molecular flexibility index (Phi) is 2.75. The highest BCUT2D eigenvalue weighted by Gasteiger charge is 2.67. The van der Waals surface area contributed by atoms with E-state index >= 15 is 0 Å². The number of amides is 1. The summed E-state index contributed by atoms with van der Waals surface area (Å²) >= 11 is 0. The Balaban J connectivity index is 2.24. The molecule has 2 fully saturated rings. The first kappa shape index (κ1) is 11.9. The lowest BCUT2D eigenvalue weighted by atomic mass is 9.67. The van der Waals surface area contributed by atoms with Gasteiger partial charge in [0.05, 0.1) is 11.5 Å². The summed E-state index contributed by atoms with van der Waals surface area (Å²) in [7, 11) is 0. The van der Waals surface area contributed by atoms with E-state index in [4.69, 9.17) is 5.73 Å². The van der Waals surface area contributed by atoms with E-state index in [1.54, 1.807) is 0 Å². The van der Waals surface area contributed by atoms with Gasteiger partial charge in [0.2, 0.25) is 5.91 Å². The van der Waals surface area contributed by atoms with Crippen molar-refractivity contribution in [2.45, 2.75) is 39.2 Å². The topological polar surface area (TPSA) is 75.4 Å². The number of rotatable bonds is 3. The Hall–Kier alpha value is -0.610. The number of hydrogen-bond acceptors (Lipinski definition) is 3. The zero-order valence-electron chi connectivity index (χ0n) is 10.1. The molecule has 2 aliphatic carbocycles. The van der Waals surface area contributed by atoms with E-state index < -0.39 is 11.5 Å². The molecule has 0 radical (unpaired) electrons. The zero-order chi connectivity index (χ0) is 12.0. The Labute approximate surface area is 96.6 Å². The summed E-state index contributed by atoms with van der Waals surface area (Å²) in [5.41, 5.74) is 4.73. The third-order valence-corrected chi connectivity index (χ3v) is 4.97. The summed E-state index contributed by atoms with van der Waals surface area (Å²) < 4.78 is 0. The van der Waals surface area contributed by atoms with Crippen molar-refractivity contribution in [3.05, 3.63) is 0 Å². The van der Waals surface area contributed by atoms with Crippen LogP contribution < -0.4 is 11.1 Å². The largest absolute Gasteiger partial charge is 0.392 e. The molecule has 92 valence electrons. The summed E-state index contributed by atoms with van der Waals surface area (Å²) in [6.45, 7) is 5.17. The molecule has 0 unspecified atom stereocenters. The van der Waals surface area contributed by atoms with Crippen molar-refractivity contribution >= 4 is 5.91 Å². The standard InChI is InChI=1S/C12H22N2O2/c1-11(2)8-3-4-12(11,9(15)7-8)10(16)14-6-5-13/h8-9,15H,3-7,13H2,1-2H3,(H,14,16)/t8-,9-,12+/m1/s1. The van der Waals surface area contributed by atoms with Crippen LogP contribution in [-0.2, 0) is 4.79 Å². The Bertz CT molecular complexity index is 303. The highest BCUT2D eigenvalue weighted by molar-refractivity contribution is 5.85. The summed E-state index contributed by atoms with van der Waals surface area (Å²) in [6.07, 6.45) is 2.14. The van der Waals surface area contributed by atoms with Crippen molar-refractivity contribution in [1.82, 2.24) is 5.32 Å². The van der Waals surface area contributed by atoms with Gasteiger partial charge in [-0.15, -0.1) is 0 Å². The average molecular weight is 226 g/mol. The van der Waals surface area contributed by atoms with E-state index in [9.17, 15) is 9.90 Å². The highest BCUT2D eigenvalue weighted by atomic mass is 16.3. The molecule has 2 saturated carbocycles. The number of carbonyl (C=O) groups excluding carboxylic acids is 1. The number of nitrogens with one attached hydrogen (secondary N) is 1. The summed E-state index contributed by atoms with van der Waals surface area (Å²) in [5, 5.41) is 13.0. The molecule has 0 aromatic carbocycles. The fourth-order valence-corrected chi connectivity index (χ4v) is 3.83. The zero-order valence-corrected chi connectivity index (χ0v) is 10.1. The molecule has 0 aromatic heterocycles. The van der Waals surface area contributed by atoms with Crippen LogP contribution in [0.2, 0.25) is 0 Å². The molecule has 0 heterocycles. The molecule has 4 heteroatoms. The minimum atomic E-state index is -0.577. The quantitative estimate of drug-likeness (QED) is 0.645. The number of hydrogen-bond donors (Lipinski definition) is 3. The minimum Gasteiger partial charge on any atom is -0.392 e. The van der Waals surface area contributed by atoms with Gasteiger partial charge < -0.3 is 16.2 Å². The Morgan fingerprint density at radius 2 is 2.25 bits per heavy atom. The molecule has 16 heavy (non-hydrogen) atoms. The number of fused-ring (bicyclic) bond motifs is 2. The molecule has 4 nitrogen and oxygen atoms in total. The molecular weight excluding hydrogens is 204 g/mol. The molecular formula is C12H22N2O2. The molecule has 1 amide bonds. The van der Waals surface area contributed by atoms with Gasteiger partial charge >= 0.3 is 0 Å². The molecule has 3 atom stereocenters.